The number of primary sulfonamides is 1. The Morgan fingerprint density at radius 2 is 1.96 bits per heavy atom. The van der Waals surface area contributed by atoms with Crippen LogP contribution in [0.4, 0.5) is 5.69 Å². The Kier molecular flexibility index (Phi) is 6.11. The number of amides is 1. The number of carbonyl (C=O) groups excluding carboxylic acids is 1. The summed E-state index contributed by atoms with van der Waals surface area (Å²) >= 11 is 1.68. The van der Waals surface area contributed by atoms with Gasteiger partial charge in [0.1, 0.15) is 6.54 Å². The number of sulfonamides is 1. The van der Waals surface area contributed by atoms with Gasteiger partial charge in [0.05, 0.1) is 16.3 Å². The number of thiophene rings is 1. The molecule has 130 valence electrons. The molecule has 24 heavy (non-hydrogen) atoms. The quantitative estimate of drug-likeness (QED) is 0.676. The van der Waals surface area contributed by atoms with Gasteiger partial charge < -0.3 is 10.2 Å². The van der Waals surface area contributed by atoms with Gasteiger partial charge in [0.15, 0.2) is 6.04 Å². The molecule has 1 amide bonds. The lowest BCUT2D eigenvalue weighted by atomic mass is 10.2. The van der Waals surface area contributed by atoms with Crippen LogP contribution in [0, 0.1) is 0 Å². The van der Waals surface area contributed by atoms with Crippen molar-refractivity contribution in [3.8, 4) is 0 Å². The number of quaternary nitrogens is 1. The zero-order chi connectivity index (χ0) is 17.7. The molecular formula is C16H22N3O3S2+. The molecule has 8 heteroatoms. The van der Waals surface area contributed by atoms with Crippen molar-refractivity contribution < 1.29 is 18.1 Å². The molecule has 2 aromatic rings. The molecule has 6 nitrogen and oxygen atoms in total. The van der Waals surface area contributed by atoms with Gasteiger partial charge in [-0.25, -0.2) is 13.6 Å². The van der Waals surface area contributed by atoms with Gasteiger partial charge in [0, 0.05) is 5.69 Å². The van der Waals surface area contributed by atoms with Crippen LogP contribution in [0.5, 0.6) is 0 Å². The summed E-state index contributed by atoms with van der Waals surface area (Å²) < 4.78 is 22.5. The first-order valence-corrected chi connectivity index (χ1v) is 10.0. The van der Waals surface area contributed by atoms with E-state index in [-0.39, 0.29) is 16.8 Å². The Bertz CT molecular complexity index is 771. The number of nitrogens with two attached hydrogens (primary N) is 1. The summed E-state index contributed by atoms with van der Waals surface area (Å²) in [6.07, 6.45) is 0. The topological polar surface area (TPSA) is 93.7 Å². The average Bonchev–Trinajstić information content (AvgIpc) is 3.04. The summed E-state index contributed by atoms with van der Waals surface area (Å²) in [4.78, 5) is 14.9. The Morgan fingerprint density at radius 1 is 1.29 bits per heavy atom. The van der Waals surface area contributed by atoms with Crippen molar-refractivity contribution >= 4 is 33.0 Å². The van der Waals surface area contributed by atoms with Crippen LogP contribution in [0.25, 0.3) is 0 Å². The van der Waals surface area contributed by atoms with E-state index >= 15 is 0 Å². The number of carbonyl (C=O) groups is 1. The van der Waals surface area contributed by atoms with Crippen LogP contribution in [0.3, 0.4) is 0 Å². The van der Waals surface area contributed by atoms with E-state index in [1.54, 1.807) is 11.3 Å². The van der Waals surface area contributed by atoms with Gasteiger partial charge in [0.2, 0.25) is 10.0 Å². The highest BCUT2D eigenvalue weighted by atomic mass is 32.2. The smallest absolute Gasteiger partial charge is 0.282 e. The predicted molar refractivity (Wildman–Crippen MR) is 95.4 cm³/mol. The summed E-state index contributed by atoms with van der Waals surface area (Å²) in [5.74, 6) is -0.105. The minimum absolute atomic E-state index is 0.0204. The Labute approximate surface area is 146 Å². The molecule has 0 saturated heterocycles. The standard InChI is InChI=1S/C16H21N3O3S2/c1-3-19(11-14-5-4-10-23-14)12(2)16(20)18-13-6-8-15(9-7-13)24(17,21)22/h4-10,12H,3,11H2,1-2H3,(H,18,20)(H2,17,21,22)/p+1/t12-/m1/s1. The third-order valence-electron chi connectivity index (χ3n) is 3.89. The highest BCUT2D eigenvalue weighted by molar-refractivity contribution is 7.89. The molecule has 0 saturated carbocycles. The molecule has 1 heterocycles. The highest BCUT2D eigenvalue weighted by Gasteiger charge is 2.24. The number of benzene rings is 1. The maximum atomic E-state index is 12.5. The fourth-order valence-corrected chi connectivity index (χ4v) is 3.66. The number of rotatable bonds is 7. The molecule has 0 aliphatic rings. The molecule has 2 rings (SSSR count). The van der Waals surface area contributed by atoms with Crippen molar-refractivity contribution in [2.45, 2.75) is 31.3 Å². The first-order valence-electron chi connectivity index (χ1n) is 7.62. The maximum absolute atomic E-state index is 12.5. The SMILES string of the molecule is CC[NH+](Cc1cccs1)[C@H](C)C(=O)Nc1ccc(S(N)(=O)=O)cc1. The number of anilines is 1. The van der Waals surface area contributed by atoms with Crippen LogP contribution in [0.1, 0.15) is 18.7 Å². The third-order valence-corrected chi connectivity index (χ3v) is 5.70. The fourth-order valence-electron chi connectivity index (χ4n) is 2.39. The second-order valence-electron chi connectivity index (χ2n) is 5.55. The van der Waals surface area contributed by atoms with Gasteiger partial charge in [0.25, 0.3) is 5.91 Å². The van der Waals surface area contributed by atoms with E-state index in [0.29, 0.717) is 5.69 Å². The Hall–Kier alpha value is -1.74. The van der Waals surface area contributed by atoms with Crippen LogP contribution in [-0.2, 0) is 21.4 Å². The third kappa shape index (κ3) is 4.88. The Balaban J connectivity index is 2.02. The predicted octanol–water partition coefficient (Wildman–Crippen LogP) is 0.827. The molecule has 2 atom stereocenters. The number of likely N-dealkylation sites (N-methyl/N-ethyl adjacent to an activating group) is 1. The van der Waals surface area contributed by atoms with Crippen LogP contribution >= 0.6 is 11.3 Å². The molecule has 0 spiro atoms. The van der Waals surface area contributed by atoms with Gasteiger partial charge in [-0.2, -0.15) is 0 Å². The first-order chi connectivity index (χ1) is 11.3. The molecule has 0 bridgehead atoms. The van der Waals surface area contributed by atoms with Gasteiger partial charge >= 0.3 is 0 Å². The van der Waals surface area contributed by atoms with Crippen LogP contribution in [-0.4, -0.2) is 26.9 Å². The van der Waals surface area contributed by atoms with Gasteiger partial charge in [-0.3, -0.25) is 4.79 Å². The van der Waals surface area contributed by atoms with E-state index in [9.17, 15) is 13.2 Å². The molecule has 0 radical (unpaired) electrons. The summed E-state index contributed by atoms with van der Waals surface area (Å²) in [7, 11) is -3.73. The molecule has 1 aromatic heterocycles. The minimum Gasteiger partial charge on any atom is -0.321 e. The van der Waals surface area contributed by atoms with Crippen molar-refractivity contribution in [1.29, 1.82) is 0 Å². The fraction of sp³-hybridized carbons (Fsp3) is 0.312. The van der Waals surface area contributed by atoms with E-state index in [1.807, 2.05) is 25.3 Å². The number of hydrogen-bond donors (Lipinski definition) is 3. The van der Waals surface area contributed by atoms with Crippen molar-refractivity contribution in [3.63, 3.8) is 0 Å². The lowest BCUT2D eigenvalue weighted by molar-refractivity contribution is -0.925. The molecule has 0 fully saturated rings. The van der Waals surface area contributed by atoms with Crippen LogP contribution < -0.4 is 15.4 Å². The average molecular weight is 369 g/mol. The van der Waals surface area contributed by atoms with Crippen molar-refractivity contribution in [2.24, 2.45) is 5.14 Å². The van der Waals surface area contributed by atoms with E-state index in [2.05, 4.69) is 11.4 Å². The normalized spacial score (nSPS) is 14.1. The second-order valence-corrected chi connectivity index (χ2v) is 8.14. The maximum Gasteiger partial charge on any atom is 0.282 e. The molecule has 1 aromatic carbocycles. The lowest BCUT2D eigenvalue weighted by Gasteiger charge is -2.23. The van der Waals surface area contributed by atoms with Crippen molar-refractivity contribution in [2.75, 3.05) is 11.9 Å². The van der Waals surface area contributed by atoms with Crippen LogP contribution in [0.2, 0.25) is 0 Å². The molecule has 4 N–H and O–H groups in total. The van der Waals surface area contributed by atoms with E-state index in [1.165, 1.54) is 29.1 Å². The Morgan fingerprint density at radius 3 is 2.46 bits per heavy atom. The minimum atomic E-state index is -3.73. The molecule has 0 aliphatic heterocycles. The molecule has 1 unspecified atom stereocenters. The molecule has 0 aliphatic carbocycles. The van der Waals surface area contributed by atoms with Crippen LogP contribution in [0.15, 0.2) is 46.7 Å². The highest BCUT2D eigenvalue weighted by Crippen LogP contribution is 2.13. The zero-order valence-electron chi connectivity index (χ0n) is 13.7. The summed E-state index contributed by atoms with van der Waals surface area (Å²) in [5.41, 5.74) is 0.547. The number of nitrogens with one attached hydrogen (secondary N) is 2. The van der Waals surface area contributed by atoms with Crippen molar-refractivity contribution in [1.82, 2.24) is 0 Å². The largest absolute Gasteiger partial charge is 0.321 e. The van der Waals surface area contributed by atoms with Gasteiger partial charge in [-0.05, 0) is 49.6 Å². The number of hydrogen-bond acceptors (Lipinski definition) is 4. The van der Waals surface area contributed by atoms with E-state index in [0.717, 1.165) is 18.0 Å². The second kappa shape index (κ2) is 7.89. The van der Waals surface area contributed by atoms with E-state index < -0.39 is 10.0 Å². The van der Waals surface area contributed by atoms with Gasteiger partial charge in [-0.1, -0.05) is 6.07 Å². The molecular weight excluding hydrogens is 346 g/mol. The van der Waals surface area contributed by atoms with Crippen molar-refractivity contribution in [3.05, 3.63) is 46.7 Å². The van der Waals surface area contributed by atoms with Gasteiger partial charge in [-0.15, -0.1) is 11.3 Å². The first kappa shape index (κ1) is 18.6. The summed E-state index contributed by atoms with van der Waals surface area (Å²) in [6.45, 7) is 5.57. The lowest BCUT2D eigenvalue weighted by Crippen LogP contribution is -3.15. The summed E-state index contributed by atoms with van der Waals surface area (Å²) in [6, 6.07) is 9.68. The van der Waals surface area contributed by atoms with E-state index in [4.69, 9.17) is 5.14 Å². The zero-order valence-corrected chi connectivity index (χ0v) is 15.3. The monoisotopic (exact) mass is 368 g/mol. The summed E-state index contributed by atoms with van der Waals surface area (Å²) in [5, 5.41) is 9.91.